The van der Waals surface area contributed by atoms with Crippen molar-refractivity contribution in [2.24, 2.45) is 5.92 Å². The molecule has 0 saturated heterocycles. The lowest BCUT2D eigenvalue weighted by atomic mass is 10.2. The maximum Gasteiger partial charge on any atom is 0.155 e. The van der Waals surface area contributed by atoms with E-state index in [1.165, 1.54) is 12.8 Å². The van der Waals surface area contributed by atoms with Gasteiger partial charge in [0.1, 0.15) is 6.33 Å². The number of rotatable bonds is 4. The quantitative estimate of drug-likeness (QED) is 0.814. The summed E-state index contributed by atoms with van der Waals surface area (Å²) in [6, 6.07) is 0.643. The molecule has 0 amide bonds. The molecule has 4 heteroatoms. The van der Waals surface area contributed by atoms with Crippen LogP contribution in [0, 0.1) is 5.92 Å². The predicted molar refractivity (Wildman–Crippen MR) is 61.7 cm³/mol. The molecule has 0 radical (unpaired) electrons. The van der Waals surface area contributed by atoms with Crippen molar-refractivity contribution >= 4 is 11.5 Å². The number of nitrogens with zero attached hydrogens (tertiary/aromatic N) is 3. The van der Waals surface area contributed by atoms with E-state index in [0.29, 0.717) is 17.6 Å². The zero-order chi connectivity index (χ0) is 10.8. The lowest BCUT2D eigenvalue weighted by Crippen LogP contribution is -2.31. The molecule has 0 aliphatic heterocycles. The van der Waals surface area contributed by atoms with Crippen molar-refractivity contribution in [1.82, 2.24) is 9.97 Å². The first-order valence-electron chi connectivity index (χ1n) is 5.50. The van der Waals surface area contributed by atoms with Crippen LogP contribution in [0.2, 0.25) is 0 Å². The van der Waals surface area contributed by atoms with E-state index in [0.717, 1.165) is 12.4 Å². The van der Waals surface area contributed by atoms with Crippen LogP contribution in [0.4, 0.5) is 11.5 Å². The molecule has 0 bridgehead atoms. The van der Waals surface area contributed by atoms with Gasteiger partial charge >= 0.3 is 0 Å². The maximum atomic E-state index is 5.90. The Morgan fingerprint density at radius 2 is 2.27 bits per heavy atom. The van der Waals surface area contributed by atoms with Gasteiger partial charge in [-0.3, -0.25) is 0 Å². The Kier molecular flexibility index (Phi) is 2.75. The normalized spacial score (nSPS) is 15.7. The van der Waals surface area contributed by atoms with Gasteiger partial charge in [0.15, 0.2) is 5.82 Å². The van der Waals surface area contributed by atoms with Gasteiger partial charge in [0.2, 0.25) is 0 Å². The molecule has 2 rings (SSSR count). The third kappa shape index (κ3) is 2.37. The van der Waals surface area contributed by atoms with Gasteiger partial charge in [-0.2, -0.15) is 0 Å². The van der Waals surface area contributed by atoms with Gasteiger partial charge in [0.05, 0.1) is 11.9 Å². The fourth-order valence-electron chi connectivity index (χ4n) is 1.76. The molecule has 4 nitrogen and oxygen atoms in total. The Morgan fingerprint density at radius 3 is 2.80 bits per heavy atom. The van der Waals surface area contributed by atoms with Gasteiger partial charge < -0.3 is 10.6 Å². The first-order chi connectivity index (χ1) is 7.18. The molecule has 0 atom stereocenters. The molecule has 1 heterocycles. The smallest absolute Gasteiger partial charge is 0.155 e. The summed E-state index contributed by atoms with van der Waals surface area (Å²) in [6.45, 7) is 5.45. The van der Waals surface area contributed by atoms with Gasteiger partial charge in [0.25, 0.3) is 0 Å². The number of nitrogen functional groups attached to an aromatic ring is 1. The van der Waals surface area contributed by atoms with E-state index in [9.17, 15) is 0 Å². The zero-order valence-corrected chi connectivity index (χ0v) is 9.35. The molecule has 0 aromatic carbocycles. The molecule has 0 unspecified atom stereocenters. The van der Waals surface area contributed by atoms with Crippen LogP contribution in [0.25, 0.3) is 0 Å². The van der Waals surface area contributed by atoms with Gasteiger partial charge in [-0.25, -0.2) is 9.97 Å². The molecular weight excluding hydrogens is 188 g/mol. The van der Waals surface area contributed by atoms with Gasteiger partial charge in [0, 0.05) is 12.6 Å². The number of hydrogen-bond acceptors (Lipinski definition) is 4. The number of aromatic nitrogens is 2. The lowest BCUT2D eigenvalue weighted by Gasteiger charge is -2.26. The summed E-state index contributed by atoms with van der Waals surface area (Å²) in [6.07, 6.45) is 5.77. The summed E-state index contributed by atoms with van der Waals surface area (Å²) in [4.78, 5) is 10.5. The van der Waals surface area contributed by atoms with E-state index < -0.39 is 0 Å². The Bertz CT molecular complexity index is 333. The molecule has 1 aromatic heterocycles. The van der Waals surface area contributed by atoms with Crippen molar-refractivity contribution in [1.29, 1.82) is 0 Å². The summed E-state index contributed by atoms with van der Waals surface area (Å²) in [7, 11) is 0. The fourth-order valence-corrected chi connectivity index (χ4v) is 1.76. The Balaban J connectivity index is 2.20. The molecule has 1 aromatic rings. The molecule has 82 valence electrons. The number of nitrogens with two attached hydrogens (primary N) is 1. The second-order valence-electron chi connectivity index (χ2n) is 4.58. The van der Waals surface area contributed by atoms with Crippen LogP contribution in [0.3, 0.4) is 0 Å². The van der Waals surface area contributed by atoms with E-state index in [4.69, 9.17) is 5.73 Å². The standard InChI is InChI=1S/C11H18N4/c1-8(2)6-15(9-3-4-9)11-10(12)5-13-7-14-11/h5,7-9H,3-4,6,12H2,1-2H3. The summed E-state index contributed by atoms with van der Waals surface area (Å²) < 4.78 is 0. The Morgan fingerprint density at radius 1 is 1.53 bits per heavy atom. The summed E-state index contributed by atoms with van der Waals surface area (Å²) in [5, 5.41) is 0. The summed E-state index contributed by atoms with van der Waals surface area (Å²) >= 11 is 0. The van der Waals surface area contributed by atoms with Crippen molar-refractivity contribution in [3.63, 3.8) is 0 Å². The molecule has 1 aliphatic carbocycles. The second kappa shape index (κ2) is 4.04. The average Bonchev–Trinajstić information content (AvgIpc) is 2.98. The minimum atomic E-state index is 0.625. The highest BCUT2D eigenvalue weighted by molar-refractivity contribution is 5.62. The van der Waals surface area contributed by atoms with E-state index in [1.54, 1.807) is 12.5 Å². The second-order valence-corrected chi connectivity index (χ2v) is 4.58. The number of hydrogen-bond donors (Lipinski definition) is 1. The Labute approximate surface area is 90.5 Å². The van der Waals surface area contributed by atoms with Crippen LogP contribution < -0.4 is 10.6 Å². The third-order valence-electron chi connectivity index (χ3n) is 2.54. The maximum absolute atomic E-state index is 5.90. The van der Waals surface area contributed by atoms with Crippen molar-refractivity contribution in [2.45, 2.75) is 32.7 Å². The number of anilines is 2. The lowest BCUT2D eigenvalue weighted by molar-refractivity contribution is 0.603. The molecule has 1 fully saturated rings. The Hall–Kier alpha value is -1.32. The van der Waals surface area contributed by atoms with Crippen molar-refractivity contribution in [3.8, 4) is 0 Å². The summed E-state index contributed by atoms with van der Waals surface area (Å²) in [5.41, 5.74) is 6.58. The zero-order valence-electron chi connectivity index (χ0n) is 9.35. The SMILES string of the molecule is CC(C)CN(c1ncncc1N)C1CC1. The van der Waals surface area contributed by atoms with Gasteiger partial charge in [-0.1, -0.05) is 13.8 Å². The van der Waals surface area contributed by atoms with E-state index >= 15 is 0 Å². The van der Waals surface area contributed by atoms with Crippen LogP contribution >= 0.6 is 0 Å². The average molecular weight is 206 g/mol. The van der Waals surface area contributed by atoms with E-state index in [1.807, 2.05) is 0 Å². The predicted octanol–water partition coefficient (Wildman–Crippen LogP) is 1.68. The highest BCUT2D eigenvalue weighted by atomic mass is 15.2. The van der Waals surface area contributed by atoms with E-state index in [2.05, 4.69) is 28.7 Å². The van der Waals surface area contributed by atoms with Crippen LogP contribution in [0.1, 0.15) is 26.7 Å². The van der Waals surface area contributed by atoms with Crippen molar-refractivity contribution < 1.29 is 0 Å². The monoisotopic (exact) mass is 206 g/mol. The minimum Gasteiger partial charge on any atom is -0.394 e. The first-order valence-corrected chi connectivity index (χ1v) is 5.50. The van der Waals surface area contributed by atoms with E-state index in [-0.39, 0.29) is 0 Å². The van der Waals surface area contributed by atoms with Crippen molar-refractivity contribution in [2.75, 3.05) is 17.2 Å². The van der Waals surface area contributed by atoms with Crippen molar-refractivity contribution in [3.05, 3.63) is 12.5 Å². The topological polar surface area (TPSA) is 55.0 Å². The third-order valence-corrected chi connectivity index (χ3v) is 2.54. The highest BCUT2D eigenvalue weighted by Gasteiger charge is 2.31. The fraction of sp³-hybridized carbons (Fsp3) is 0.636. The summed E-state index contributed by atoms with van der Waals surface area (Å²) in [5.74, 6) is 1.53. The van der Waals surface area contributed by atoms with Gasteiger partial charge in [-0.15, -0.1) is 0 Å². The molecule has 1 saturated carbocycles. The largest absolute Gasteiger partial charge is 0.394 e. The highest BCUT2D eigenvalue weighted by Crippen LogP contribution is 2.33. The van der Waals surface area contributed by atoms with Crippen LogP contribution in [-0.4, -0.2) is 22.6 Å². The first kappa shape index (κ1) is 10.2. The molecule has 0 spiro atoms. The molecule has 15 heavy (non-hydrogen) atoms. The molecular formula is C11H18N4. The molecule has 2 N–H and O–H groups in total. The van der Waals surface area contributed by atoms with Crippen LogP contribution in [0.5, 0.6) is 0 Å². The van der Waals surface area contributed by atoms with Crippen LogP contribution in [-0.2, 0) is 0 Å². The van der Waals surface area contributed by atoms with Gasteiger partial charge in [-0.05, 0) is 18.8 Å². The minimum absolute atomic E-state index is 0.625. The molecule has 1 aliphatic rings. The van der Waals surface area contributed by atoms with Crippen LogP contribution in [0.15, 0.2) is 12.5 Å².